The van der Waals surface area contributed by atoms with Crippen molar-refractivity contribution >= 4 is 34.2 Å². The summed E-state index contributed by atoms with van der Waals surface area (Å²) in [4.78, 5) is 19.0. The Balaban J connectivity index is 1.68. The van der Waals surface area contributed by atoms with Crippen LogP contribution >= 0.6 is 11.6 Å². The summed E-state index contributed by atoms with van der Waals surface area (Å²) in [7, 11) is 0. The molecule has 1 spiro atoms. The summed E-state index contributed by atoms with van der Waals surface area (Å²) >= 11 is 6.26. The second-order valence-corrected chi connectivity index (χ2v) is 7.80. The Bertz CT molecular complexity index is 907. The third-order valence-electron chi connectivity index (χ3n) is 5.43. The van der Waals surface area contributed by atoms with Crippen molar-refractivity contribution in [3.63, 3.8) is 0 Å². The van der Waals surface area contributed by atoms with Gasteiger partial charge in [0.1, 0.15) is 5.82 Å². The number of halogens is 2. The van der Waals surface area contributed by atoms with Crippen LogP contribution in [0.25, 0.3) is 10.9 Å². The Hall–Kier alpha value is -1.96. The van der Waals surface area contributed by atoms with Gasteiger partial charge in [-0.15, -0.1) is 0 Å². The maximum atomic E-state index is 14.1. The van der Waals surface area contributed by atoms with Crippen molar-refractivity contribution in [1.82, 2.24) is 4.98 Å². The van der Waals surface area contributed by atoms with Crippen molar-refractivity contribution in [2.45, 2.75) is 38.4 Å². The molecule has 0 unspecified atom stereocenters. The second kappa shape index (κ2) is 8.42. The highest BCUT2D eigenvalue weighted by Gasteiger charge is 2.40. The highest BCUT2D eigenvalue weighted by molar-refractivity contribution is 6.35. The molecule has 2 aliphatic heterocycles. The molecule has 1 aromatic carbocycles. The maximum absolute atomic E-state index is 14.1. The van der Waals surface area contributed by atoms with E-state index in [-0.39, 0.29) is 10.7 Å². The number of rotatable bonds is 5. The first-order valence-corrected chi connectivity index (χ1v) is 10.4. The van der Waals surface area contributed by atoms with E-state index in [4.69, 9.17) is 25.8 Å². The Labute approximate surface area is 173 Å². The minimum Gasteiger partial charge on any atom is -0.461 e. The first-order chi connectivity index (χ1) is 14.0. The topological polar surface area (TPSA) is 60.9 Å². The van der Waals surface area contributed by atoms with Crippen LogP contribution in [0.15, 0.2) is 18.2 Å². The third kappa shape index (κ3) is 4.17. The molecule has 0 aliphatic carbocycles. The smallest absolute Gasteiger partial charge is 0.357 e. The fourth-order valence-electron chi connectivity index (χ4n) is 3.86. The Kier molecular flexibility index (Phi) is 5.90. The molecule has 29 heavy (non-hydrogen) atoms. The van der Waals surface area contributed by atoms with Crippen LogP contribution in [0.4, 0.5) is 10.1 Å². The van der Waals surface area contributed by atoms with Crippen LogP contribution in [0.1, 0.15) is 43.1 Å². The molecular formula is C21H24ClFN2O4. The minimum atomic E-state index is -0.524. The maximum Gasteiger partial charge on any atom is 0.357 e. The Morgan fingerprint density at radius 1 is 1.28 bits per heavy atom. The number of unbranched alkanes of at least 4 members (excludes halogenated alkanes) is 1. The Morgan fingerprint density at radius 2 is 2.00 bits per heavy atom. The number of hydrogen-bond donors (Lipinski definition) is 0. The summed E-state index contributed by atoms with van der Waals surface area (Å²) in [6.07, 6.45) is 3.09. The van der Waals surface area contributed by atoms with Crippen molar-refractivity contribution in [3.05, 3.63) is 34.7 Å². The average molecular weight is 423 g/mol. The standard InChI is InChI=1S/C21H24ClFN2O4/c1-2-3-8-27-20(26)17-13-18(15-11-14(23)12-16(22)19(15)24-17)25-6-4-21(5-7-25)28-9-10-29-21/h11-13H,2-10H2,1H3. The van der Waals surface area contributed by atoms with Gasteiger partial charge in [-0.25, -0.2) is 14.2 Å². The largest absolute Gasteiger partial charge is 0.461 e. The van der Waals surface area contributed by atoms with E-state index >= 15 is 0 Å². The Morgan fingerprint density at radius 3 is 2.69 bits per heavy atom. The summed E-state index contributed by atoms with van der Waals surface area (Å²) in [6, 6.07) is 4.28. The zero-order valence-corrected chi connectivity index (χ0v) is 17.1. The second-order valence-electron chi connectivity index (χ2n) is 7.39. The summed E-state index contributed by atoms with van der Waals surface area (Å²) in [5.74, 6) is -1.47. The minimum absolute atomic E-state index is 0.167. The molecule has 0 radical (unpaired) electrons. The van der Waals surface area contributed by atoms with Crippen LogP contribution in [0, 0.1) is 5.82 Å². The van der Waals surface area contributed by atoms with Gasteiger partial charge in [-0.05, 0) is 24.6 Å². The van der Waals surface area contributed by atoms with E-state index in [0.29, 0.717) is 62.3 Å². The van der Waals surface area contributed by atoms with Crippen LogP contribution in [-0.4, -0.2) is 49.7 Å². The van der Waals surface area contributed by atoms with Crippen molar-refractivity contribution in [1.29, 1.82) is 0 Å². The van der Waals surface area contributed by atoms with Crippen molar-refractivity contribution < 1.29 is 23.4 Å². The average Bonchev–Trinajstić information content (AvgIpc) is 3.16. The number of piperidine rings is 1. The van der Waals surface area contributed by atoms with Gasteiger partial charge in [0, 0.05) is 37.0 Å². The van der Waals surface area contributed by atoms with E-state index in [0.717, 1.165) is 12.8 Å². The van der Waals surface area contributed by atoms with Gasteiger partial charge in [-0.1, -0.05) is 24.9 Å². The van der Waals surface area contributed by atoms with Gasteiger partial charge in [0.15, 0.2) is 11.5 Å². The number of aromatic nitrogens is 1. The zero-order chi connectivity index (χ0) is 20.4. The van der Waals surface area contributed by atoms with Gasteiger partial charge < -0.3 is 19.1 Å². The predicted molar refractivity (Wildman–Crippen MR) is 108 cm³/mol. The van der Waals surface area contributed by atoms with Crippen LogP contribution < -0.4 is 4.90 Å². The molecule has 2 fully saturated rings. The predicted octanol–water partition coefficient (Wildman–Crippen LogP) is 4.33. The van der Waals surface area contributed by atoms with E-state index in [1.807, 2.05) is 6.92 Å². The molecule has 0 bridgehead atoms. The van der Waals surface area contributed by atoms with Gasteiger partial charge in [0.05, 0.1) is 30.4 Å². The van der Waals surface area contributed by atoms with Crippen LogP contribution in [0.3, 0.4) is 0 Å². The van der Waals surface area contributed by atoms with Crippen molar-refractivity contribution in [3.8, 4) is 0 Å². The van der Waals surface area contributed by atoms with Gasteiger partial charge in [0.2, 0.25) is 0 Å². The number of carbonyl (C=O) groups is 1. The number of ether oxygens (including phenoxy) is 3. The number of anilines is 1. The number of benzene rings is 1. The molecule has 0 N–H and O–H groups in total. The van der Waals surface area contributed by atoms with E-state index in [1.54, 1.807) is 6.07 Å². The number of fused-ring (bicyclic) bond motifs is 1. The molecule has 2 aromatic rings. The van der Waals surface area contributed by atoms with Crippen molar-refractivity contribution in [2.75, 3.05) is 37.8 Å². The fourth-order valence-corrected chi connectivity index (χ4v) is 4.11. The first-order valence-electron chi connectivity index (χ1n) is 10.0. The highest BCUT2D eigenvalue weighted by atomic mass is 35.5. The van der Waals surface area contributed by atoms with E-state index in [1.165, 1.54) is 12.1 Å². The molecule has 6 nitrogen and oxygen atoms in total. The first kappa shape index (κ1) is 20.3. The lowest BCUT2D eigenvalue weighted by Crippen LogP contribution is -2.45. The fraction of sp³-hybridized carbons (Fsp3) is 0.524. The van der Waals surface area contributed by atoms with E-state index in [2.05, 4.69) is 9.88 Å². The summed E-state index contributed by atoms with van der Waals surface area (Å²) in [6.45, 7) is 4.87. The molecule has 4 rings (SSSR count). The summed E-state index contributed by atoms with van der Waals surface area (Å²) in [5, 5.41) is 0.740. The number of nitrogens with zero attached hydrogens (tertiary/aromatic N) is 2. The van der Waals surface area contributed by atoms with Gasteiger partial charge in [0.25, 0.3) is 0 Å². The quantitative estimate of drug-likeness (QED) is 0.528. The molecule has 2 saturated heterocycles. The number of pyridine rings is 1. The molecule has 3 heterocycles. The van der Waals surface area contributed by atoms with Crippen LogP contribution in [-0.2, 0) is 14.2 Å². The lowest BCUT2D eigenvalue weighted by atomic mass is 10.0. The molecule has 1 aromatic heterocycles. The molecular weight excluding hydrogens is 399 g/mol. The van der Waals surface area contributed by atoms with Crippen LogP contribution in [0.5, 0.6) is 0 Å². The molecule has 0 saturated carbocycles. The summed E-state index contributed by atoms with van der Waals surface area (Å²) < 4.78 is 31.0. The molecule has 0 atom stereocenters. The van der Waals surface area contributed by atoms with Gasteiger partial charge in [-0.3, -0.25) is 0 Å². The number of carbonyl (C=O) groups excluding carboxylic acids is 1. The third-order valence-corrected chi connectivity index (χ3v) is 5.72. The zero-order valence-electron chi connectivity index (χ0n) is 16.4. The normalized spacial score (nSPS) is 18.5. The monoisotopic (exact) mass is 422 g/mol. The highest BCUT2D eigenvalue weighted by Crippen LogP contribution is 2.37. The van der Waals surface area contributed by atoms with Gasteiger partial charge in [-0.2, -0.15) is 0 Å². The molecule has 156 valence electrons. The van der Waals surface area contributed by atoms with E-state index in [9.17, 15) is 9.18 Å². The molecule has 8 heteroatoms. The van der Waals surface area contributed by atoms with Crippen LogP contribution in [0.2, 0.25) is 5.02 Å². The SMILES string of the molecule is CCCCOC(=O)c1cc(N2CCC3(CC2)OCCO3)c2cc(F)cc(Cl)c2n1. The molecule has 0 amide bonds. The number of hydrogen-bond acceptors (Lipinski definition) is 6. The van der Waals surface area contributed by atoms with Gasteiger partial charge >= 0.3 is 5.97 Å². The number of esters is 1. The van der Waals surface area contributed by atoms with Crippen molar-refractivity contribution in [2.24, 2.45) is 0 Å². The molecule has 2 aliphatic rings. The summed E-state index contributed by atoms with van der Waals surface area (Å²) in [5.41, 5.74) is 1.28. The lowest BCUT2D eigenvalue weighted by Gasteiger charge is -2.39. The lowest BCUT2D eigenvalue weighted by molar-refractivity contribution is -0.169. The van der Waals surface area contributed by atoms with E-state index < -0.39 is 17.6 Å².